The Morgan fingerprint density at radius 1 is 1.25 bits per heavy atom. The molecule has 0 saturated carbocycles. The van der Waals surface area contributed by atoms with E-state index < -0.39 is 0 Å². The molecule has 0 bridgehead atoms. The minimum absolute atomic E-state index is 0.0861. The van der Waals surface area contributed by atoms with E-state index in [1.807, 2.05) is 17.0 Å². The molecule has 0 aliphatic carbocycles. The lowest BCUT2D eigenvalue weighted by atomic mass is 10.1. The van der Waals surface area contributed by atoms with Gasteiger partial charge in [0, 0.05) is 25.5 Å². The zero-order chi connectivity index (χ0) is 15.0. The van der Waals surface area contributed by atoms with Gasteiger partial charge in [-0.25, -0.2) is 0 Å². The standard InChI is InChI=1S/C16H29N3O/c1-13(2)5-7-18-16(20)12-19-8-6-15(11-19)10-17-9-14(3)4/h6,8,11,13-14,17H,5,7,9-10,12H2,1-4H3,(H,18,20). The Kier molecular flexibility index (Phi) is 7.37. The van der Waals surface area contributed by atoms with Crippen molar-refractivity contribution in [2.24, 2.45) is 11.8 Å². The lowest BCUT2D eigenvalue weighted by Crippen LogP contribution is -2.28. The summed E-state index contributed by atoms with van der Waals surface area (Å²) in [7, 11) is 0. The molecule has 0 atom stereocenters. The van der Waals surface area contributed by atoms with Crippen molar-refractivity contribution in [3.8, 4) is 0 Å². The third kappa shape index (κ3) is 7.34. The van der Waals surface area contributed by atoms with Crippen LogP contribution >= 0.6 is 0 Å². The van der Waals surface area contributed by atoms with Crippen LogP contribution in [-0.2, 0) is 17.9 Å². The maximum atomic E-state index is 11.8. The van der Waals surface area contributed by atoms with Crippen molar-refractivity contribution in [3.05, 3.63) is 24.0 Å². The third-order valence-electron chi connectivity index (χ3n) is 3.06. The predicted molar refractivity (Wildman–Crippen MR) is 83.4 cm³/mol. The molecule has 2 N–H and O–H groups in total. The molecule has 0 aliphatic rings. The summed E-state index contributed by atoms with van der Waals surface area (Å²) in [6.07, 6.45) is 5.03. The van der Waals surface area contributed by atoms with Gasteiger partial charge < -0.3 is 15.2 Å². The lowest BCUT2D eigenvalue weighted by Gasteiger charge is -2.08. The average Bonchev–Trinajstić information content (AvgIpc) is 2.75. The van der Waals surface area contributed by atoms with E-state index in [0.29, 0.717) is 18.4 Å². The summed E-state index contributed by atoms with van der Waals surface area (Å²) in [4.78, 5) is 11.8. The van der Waals surface area contributed by atoms with Crippen molar-refractivity contribution in [3.63, 3.8) is 0 Å². The Bertz CT molecular complexity index is 396. The number of nitrogens with zero attached hydrogens (tertiary/aromatic N) is 1. The molecule has 0 fully saturated rings. The molecule has 114 valence electrons. The number of hydrogen-bond acceptors (Lipinski definition) is 2. The smallest absolute Gasteiger partial charge is 0.239 e. The molecule has 0 saturated heterocycles. The summed E-state index contributed by atoms with van der Waals surface area (Å²) >= 11 is 0. The van der Waals surface area contributed by atoms with Gasteiger partial charge in [-0.3, -0.25) is 4.79 Å². The number of nitrogens with one attached hydrogen (secondary N) is 2. The van der Waals surface area contributed by atoms with Crippen LogP contribution in [0.2, 0.25) is 0 Å². The molecule has 0 radical (unpaired) electrons. The van der Waals surface area contributed by atoms with Gasteiger partial charge in [-0.05, 0) is 36.4 Å². The first-order valence-electron chi connectivity index (χ1n) is 7.59. The highest BCUT2D eigenvalue weighted by molar-refractivity contribution is 5.75. The number of rotatable bonds is 9. The highest BCUT2D eigenvalue weighted by Gasteiger charge is 2.04. The van der Waals surface area contributed by atoms with Crippen LogP contribution in [0.1, 0.15) is 39.7 Å². The van der Waals surface area contributed by atoms with Crippen molar-refractivity contribution < 1.29 is 4.79 Å². The minimum Gasteiger partial charge on any atom is -0.355 e. The van der Waals surface area contributed by atoms with Gasteiger partial charge in [-0.2, -0.15) is 0 Å². The van der Waals surface area contributed by atoms with Crippen LogP contribution in [0, 0.1) is 11.8 Å². The first-order chi connectivity index (χ1) is 9.47. The molecule has 1 amide bonds. The fourth-order valence-electron chi connectivity index (χ4n) is 1.92. The van der Waals surface area contributed by atoms with E-state index in [9.17, 15) is 4.79 Å². The van der Waals surface area contributed by atoms with E-state index in [1.165, 1.54) is 5.56 Å². The van der Waals surface area contributed by atoms with Crippen molar-refractivity contribution in [1.82, 2.24) is 15.2 Å². The van der Waals surface area contributed by atoms with Crippen molar-refractivity contribution in [2.75, 3.05) is 13.1 Å². The molecule has 4 heteroatoms. The maximum Gasteiger partial charge on any atom is 0.239 e. The molecule has 4 nitrogen and oxygen atoms in total. The highest BCUT2D eigenvalue weighted by Crippen LogP contribution is 2.02. The van der Waals surface area contributed by atoms with Gasteiger partial charge in [0.1, 0.15) is 6.54 Å². The van der Waals surface area contributed by atoms with Crippen LogP contribution in [0.15, 0.2) is 18.5 Å². The first-order valence-corrected chi connectivity index (χ1v) is 7.59. The second-order valence-corrected chi connectivity index (χ2v) is 6.25. The van der Waals surface area contributed by atoms with E-state index >= 15 is 0 Å². The molecule has 0 spiro atoms. The quantitative estimate of drug-likeness (QED) is 0.729. The van der Waals surface area contributed by atoms with E-state index in [4.69, 9.17) is 0 Å². The second-order valence-electron chi connectivity index (χ2n) is 6.25. The molecule has 0 aromatic carbocycles. The molecule has 1 aromatic heterocycles. The topological polar surface area (TPSA) is 46.1 Å². The maximum absolute atomic E-state index is 11.8. The predicted octanol–water partition coefficient (Wildman–Crippen LogP) is 2.40. The number of amides is 1. The van der Waals surface area contributed by atoms with Crippen molar-refractivity contribution in [2.45, 2.75) is 47.2 Å². The Morgan fingerprint density at radius 2 is 2.00 bits per heavy atom. The van der Waals surface area contributed by atoms with Crippen LogP contribution in [-0.4, -0.2) is 23.6 Å². The van der Waals surface area contributed by atoms with E-state index in [2.05, 4.69) is 44.4 Å². The summed E-state index contributed by atoms with van der Waals surface area (Å²) in [5.41, 5.74) is 1.22. The molecule has 1 rings (SSSR count). The summed E-state index contributed by atoms with van der Waals surface area (Å²) in [6, 6.07) is 2.06. The molecular weight excluding hydrogens is 250 g/mol. The molecule has 0 aliphatic heterocycles. The van der Waals surface area contributed by atoms with Crippen LogP contribution in [0.25, 0.3) is 0 Å². The first kappa shape index (κ1) is 16.8. The van der Waals surface area contributed by atoms with Gasteiger partial charge >= 0.3 is 0 Å². The Balaban J connectivity index is 2.27. The number of carbonyl (C=O) groups is 1. The summed E-state index contributed by atoms with van der Waals surface area (Å²) in [6.45, 7) is 11.8. The van der Waals surface area contributed by atoms with Crippen LogP contribution in [0.5, 0.6) is 0 Å². The van der Waals surface area contributed by atoms with E-state index in [0.717, 1.165) is 26.1 Å². The fourth-order valence-corrected chi connectivity index (χ4v) is 1.92. The molecular formula is C16H29N3O. The average molecular weight is 279 g/mol. The Morgan fingerprint density at radius 3 is 2.65 bits per heavy atom. The summed E-state index contributed by atoms with van der Waals surface area (Å²) in [5.74, 6) is 1.37. The summed E-state index contributed by atoms with van der Waals surface area (Å²) in [5, 5.41) is 6.36. The molecule has 0 unspecified atom stereocenters. The van der Waals surface area contributed by atoms with Gasteiger partial charge in [-0.1, -0.05) is 27.7 Å². The monoisotopic (exact) mass is 279 g/mol. The zero-order valence-electron chi connectivity index (χ0n) is 13.3. The SMILES string of the molecule is CC(C)CCNC(=O)Cn1ccc(CNCC(C)C)c1. The van der Waals surface area contributed by atoms with E-state index in [1.54, 1.807) is 0 Å². The molecule has 1 aromatic rings. The van der Waals surface area contributed by atoms with Gasteiger partial charge in [0.15, 0.2) is 0 Å². The number of aromatic nitrogens is 1. The van der Waals surface area contributed by atoms with Crippen LogP contribution in [0.4, 0.5) is 0 Å². The largest absolute Gasteiger partial charge is 0.355 e. The van der Waals surface area contributed by atoms with Gasteiger partial charge in [0.2, 0.25) is 5.91 Å². The van der Waals surface area contributed by atoms with E-state index in [-0.39, 0.29) is 5.91 Å². The normalized spacial score (nSPS) is 11.3. The second kappa shape index (κ2) is 8.80. The van der Waals surface area contributed by atoms with Crippen molar-refractivity contribution >= 4 is 5.91 Å². The van der Waals surface area contributed by atoms with Crippen molar-refractivity contribution in [1.29, 1.82) is 0 Å². The zero-order valence-corrected chi connectivity index (χ0v) is 13.3. The van der Waals surface area contributed by atoms with Gasteiger partial charge in [-0.15, -0.1) is 0 Å². The Labute approximate surface area is 122 Å². The fraction of sp³-hybridized carbons (Fsp3) is 0.688. The molecule has 1 heterocycles. The highest BCUT2D eigenvalue weighted by atomic mass is 16.1. The summed E-state index contributed by atoms with van der Waals surface area (Å²) < 4.78 is 1.94. The van der Waals surface area contributed by atoms with Crippen LogP contribution < -0.4 is 10.6 Å². The number of carbonyl (C=O) groups excluding carboxylic acids is 1. The number of hydrogen-bond donors (Lipinski definition) is 2. The lowest BCUT2D eigenvalue weighted by molar-refractivity contribution is -0.121. The van der Waals surface area contributed by atoms with Gasteiger partial charge in [0.05, 0.1) is 0 Å². The van der Waals surface area contributed by atoms with Gasteiger partial charge in [0.25, 0.3) is 0 Å². The molecule has 20 heavy (non-hydrogen) atoms. The van der Waals surface area contributed by atoms with Crippen LogP contribution in [0.3, 0.4) is 0 Å². The third-order valence-corrected chi connectivity index (χ3v) is 3.06. The minimum atomic E-state index is 0.0861. The Hall–Kier alpha value is -1.29.